The van der Waals surface area contributed by atoms with E-state index in [-0.39, 0.29) is 0 Å². The lowest BCUT2D eigenvalue weighted by molar-refractivity contribution is -0.0878. The van der Waals surface area contributed by atoms with Crippen LogP contribution in [0.25, 0.3) is 0 Å². The van der Waals surface area contributed by atoms with Gasteiger partial charge in [-0.3, -0.25) is 0 Å². The molecule has 0 N–H and O–H groups in total. The fourth-order valence-corrected chi connectivity index (χ4v) is 0.770. The van der Waals surface area contributed by atoms with Gasteiger partial charge in [-0.2, -0.15) is 13.2 Å². The molecule has 0 atom stereocenters. The van der Waals surface area contributed by atoms with E-state index in [0.29, 0.717) is 5.57 Å². The van der Waals surface area contributed by atoms with Crippen LogP contribution in [-0.4, -0.2) is 6.18 Å². The Hall–Kier alpha value is -1.25. The van der Waals surface area contributed by atoms with Crippen molar-refractivity contribution in [2.24, 2.45) is 0 Å². The Morgan fingerprint density at radius 1 is 1.14 bits per heavy atom. The summed E-state index contributed by atoms with van der Waals surface area (Å²) in [5.74, 6) is 0. The van der Waals surface area contributed by atoms with Crippen molar-refractivity contribution in [3.63, 3.8) is 0 Å². The molecule has 0 spiro atoms. The Morgan fingerprint density at radius 3 is 1.93 bits per heavy atom. The molecule has 0 aliphatic carbocycles. The minimum absolute atomic E-state index is 0.676. The van der Waals surface area contributed by atoms with Crippen LogP contribution in [-0.2, 0) is 0 Å². The minimum Gasteiger partial charge on any atom is -0.166 e. The molecule has 0 saturated carbocycles. The minimum atomic E-state index is -4.36. The topological polar surface area (TPSA) is 0 Å². The third-order valence-electron chi connectivity index (χ3n) is 1.63. The summed E-state index contributed by atoms with van der Waals surface area (Å²) in [6.45, 7) is 10.0. The fraction of sp³-hybridized carbons (Fsp3) is 0.273. The number of alkyl halides is 3. The molecule has 3 heteroatoms. The standard InChI is InChI=1S/C11H13F3/c1-5-10(8(2)3)7-6-9(4)11(12,13)14/h5-7H,2,4H2,1,3H3/b7-6-,10-5+. The monoisotopic (exact) mass is 202 g/mol. The number of hydrogen-bond acceptors (Lipinski definition) is 0. The first-order valence-corrected chi connectivity index (χ1v) is 4.05. The van der Waals surface area contributed by atoms with E-state index in [2.05, 4.69) is 13.2 Å². The molecule has 0 heterocycles. The van der Waals surface area contributed by atoms with E-state index in [0.717, 1.165) is 11.6 Å². The van der Waals surface area contributed by atoms with Crippen molar-refractivity contribution < 1.29 is 13.2 Å². The Labute approximate surface area is 82.1 Å². The molecule has 0 aromatic rings. The van der Waals surface area contributed by atoms with Gasteiger partial charge in [-0.05, 0) is 19.4 Å². The molecule has 0 rings (SSSR count). The molecule has 0 aliphatic rings. The zero-order valence-electron chi connectivity index (χ0n) is 8.28. The van der Waals surface area contributed by atoms with Crippen LogP contribution in [0.2, 0.25) is 0 Å². The van der Waals surface area contributed by atoms with Crippen molar-refractivity contribution in [2.45, 2.75) is 20.0 Å². The highest BCUT2D eigenvalue weighted by atomic mass is 19.4. The SMILES string of the molecule is C=C(C)C(/C=C\C(=C)C(F)(F)F)=C/C. The van der Waals surface area contributed by atoms with Gasteiger partial charge >= 0.3 is 6.18 Å². The van der Waals surface area contributed by atoms with Crippen LogP contribution in [0.5, 0.6) is 0 Å². The molecule has 14 heavy (non-hydrogen) atoms. The lowest BCUT2D eigenvalue weighted by Crippen LogP contribution is -2.08. The molecule has 0 fully saturated rings. The smallest absolute Gasteiger partial charge is 0.166 e. The van der Waals surface area contributed by atoms with E-state index in [1.54, 1.807) is 19.9 Å². The second-order valence-corrected chi connectivity index (χ2v) is 2.88. The molecule has 0 bridgehead atoms. The van der Waals surface area contributed by atoms with Crippen LogP contribution in [0.3, 0.4) is 0 Å². The predicted molar refractivity (Wildman–Crippen MR) is 52.9 cm³/mol. The van der Waals surface area contributed by atoms with E-state index in [9.17, 15) is 13.2 Å². The summed E-state index contributed by atoms with van der Waals surface area (Å²) in [5, 5.41) is 0. The molecule has 0 saturated heterocycles. The Balaban J connectivity index is 4.61. The van der Waals surface area contributed by atoms with Crippen LogP contribution in [0.4, 0.5) is 13.2 Å². The van der Waals surface area contributed by atoms with Crippen LogP contribution in [0.1, 0.15) is 13.8 Å². The second kappa shape index (κ2) is 4.84. The normalized spacial score (nSPS) is 13.4. The van der Waals surface area contributed by atoms with Crippen molar-refractivity contribution in [3.05, 3.63) is 48.1 Å². The van der Waals surface area contributed by atoms with Crippen molar-refractivity contribution in [1.82, 2.24) is 0 Å². The van der Waals surface area contributed by atoms with E-state index >= 15 is 0 Å². The first kappa shape index (κ1) is 12.8. The average Bonchev–Trinajstić information content (AvgIpc) is 2.02. The average molecular weight is 202 g/mol. The van der Waals surface area contributed by atoms with E-state index < -0.39 is 11.7 Å². The van der Waals surface area contributed by atoms with Crippen LogP contribution in [0.15, 0.2) is 48.1 Å². The zero-order chi connectivity index (χ0) is 11.4. The van der Waals surface area contributed by atoms with Crippen molar-refractivity contribution in [3.8, 4) is 0 Å². The molecule has 0 aromatic carbocycles. The third-order valence-corrected chi connectivity index (χ3v) is 1.63. The van der Waals surface area contributed by atoms with E-state index in [4.69, 9.17) is 0 Å². The zero-order valence-corrected chi connectivity index (χ0v) is 8.28. The van der Waals surface area contributed by atoms with Gasteiger partial charge in [-0.25, -0.2) is 0 Å². The molecule has 0 aromatic heterocycles. The summed E-state index contributed by atoms with van der Waals surface area (Å²) in [6.07, 6.45) is -0.352. The molecule has 0 amide bonds. The maximum atomic E-state index is 12.0. The second-order valence-electron chi connectivity index (χ2n) is 2.88. The fourth-order valence-electron chi connectivity index (χ4n) is 0.770. The van der Waals surface area contributed by atoms with Crippen LogP contribution >= 0.6 is 0 Å². The third kappa shape index (κ3) is 4.12. The van der Waals surface area contributed by atoms with Gasteiger partial charge in [0, 0.05) is 5.57 Å². The maximum Gasteiger partial charge on any atom is 0.415 e. The van der Waals surface area contributed by atoms with Gasteiger partial charge in [0.2, 0.25) is 0 Å². The molecule has 0 radical (unpaired) electrons. The van der Waals surface area contributed by atoms with Gasteiger partial charge in [-0.1, -0.05) is 37.0 Å². The maximum absolute atomic E-state index is 12.0. The number of halogens is 3. The predicted octanol–water partition coefficient (Wildman–Crippen LogP) is 4.18. The van der Waals surface area contributed by atoms with Crippen molar-refractivity contribution in [2.75, 3.05) is 0 Å². The summed E-state index contributed by atoms with van der Waals surface area (Å²) in [5.41, 5.74) is 0.534. The lowest BCUT2D eigenvalue weighted by Gasteiger charge is -2.05. The van der Waals surface area contributed by atoms with Crippen molar-refractivity contribution in [1.29, 1.82) is 0 Å². The highest BCUT2D eigenvalue weighted by Crippen LogP contribution is 2.25. The van der Waals surface area contributed by atoms with Crippen LogP contribution < -0.4 is 0 Å². The van der Waals surface area contributed by atoms with E-state index in [1.165, 1.54) is 6.08 Å². The summed E-state index contributed by atoms with van der Waals surface area (Å²) in [6, 6.07) is 0. The molecule has 0 unspecified atom stereocenters. The number of allylic oxidation sites excluding steroid dienone is 6. The van der Waals surface area contributed by atoms with E-state index in [1.807, 2.05) is 0 Å². The van der Waals surface area contributed by atoms with Gasteiger partial charge in [0.25, 0.3) is 0 Å². The Bertz CT molecular complexity index is 290. The first-order chi connectivity index (χ1) is 6.29. The summed E-state index contributed by atoms with van der Waals surface area (Å²) in [7, 11) is 0. The number of rotatable bonds is 3. The van der Waals surface area contributed by atoms with Gasteiger partial charge < -0.3 is 0 Å². The molecule has 78 valence electrons. The highest BCUT2D eigenvalue weighted by Gasteiger charge is 2.29. The largest absolute Gasteiger partial charge is 0.415 e. The van der Waals surface area contributed by atoms with Gasteiger partial charge in [0.1, 0.15) is 0 Å². The highest BCUT2D eigenvalue weighted by molar-refractivity contribution is 5.39. The van der Waals surface area contributed by atoms with Crippen LogP contribution in [0, 0.1) is 0 Å². The van der Waals surface area contributed by atoms with Crippen molar-refractivity contribution >= 4 is 0 Å². The summed E-state index contributed by atoms with van der Waals surface area (Å²) in [4.78, 5) is 0. The lowest BCUT2D eigenvalue weighted by atomic mass is 10.1. The Morgan fingerprint density at radius 2 is 1.64 bits per heavy atom. The van der Waals surface area contributed by atoms with Gasteiger partial charge in [0.15, 0.2) is 0 Å². The molecular formula is C11H13F3. The summed E-state index contributed by atoms with van der Waals surface area (Å²) >= 11 is 0. The quantitative estimate of drug-likeness (QED) is 0.602. The molecular weight excluding hydrogens is 189 g/mol. The number of hydrogen-bond donors (Lipinski definition) is 0. The first-order valence-electron chi connectivity index (χ1n) is 4.05. The van der Waals surface area contributed by atoms with Gasteiger partial charge in [0.05, 0.1) is 0 Å². The van der Waals surface area contributed by atoms with Gasteiger partial charge in [-0.15, -0.1) is 0 Å². The summed E-state index contributed by atoms with van der Waals surface area (Å²) < 4.78 is 36.0. The molecule has 0 aliphatic heterocycles. The molecule has 0 nitrogen and oxygen atoms in total. The Kier molecular flexibility index (Phi) is 4.41.